The van der Waals surface area contributed by atoms with Gasteiger partial charge in [0, 0.05) is 17.3 Å². The van der Waals surface area contributed by atoms with Gasteiger partial charge in [0.25, 0.3) is 0 Å². The van der Waals surface area contributed by atoms with Gasteiger partial charge < -0.3 is 10.7 Å². The summed E-state index contributed by atoms with van der Waals surface area (Å²) in [4.78, 5) is 6.88. The number of alkyl halides is 3. The molecule has 3 rings (SSSR count). The minimum absolute atomic E-state index is 0.0548. The number of halogens is 3. The van der Waals surface area contributed by atoms with Gasteiger partial charge in [0.05, 0.1) is 22.5 Å². The van der Waals surface area contributed by atoms with Crippen LogP contribution in [0.3, 0.4) is 0 Å². The molecule has 3 aromatic rings. The van der Waals surface area contributed by atoms with Gasteiger partial charge in [-0.2, -0.15) is 13.2 Å². The van der Waals surface area contributed by atoms with Crippen molar-refractivity contribution in [3.63, 3.8) is 0 Å². The van der Waals surface area contributed by atoms with E-state index in [0.29, 0.717) is 22.5 Å². The number of anilines is 1. The summed E-state index contributed by atoms with van der Waals surface area (Å²) in [6.07, 6.45) is -2.88. The molecule has 0 amide bonds. The zero-order chi connectivity index (χ0) is 14.3. The molecule has 0 aliphatic heterocycles. The molecular formula is C14H10F3N3. The molecule has 20 heavy (non-hydrogen) atoms. The van der Waals surface area contributed by atoms with E-state index in [0.717, 1.165) is 6.07 Å². The van der Waals surface area contributed by atoms with Crippen LogP contribution in [-0.2, 0) is 6.18 Å². The highest BCUT2D eigenvalue weighted by molar-refractivity contribution is 5.88. The number of rotatable bonds is 1. The van der Waals surface area contributed by atoms with Crippen LogP contribution in [0.15, 0.2) is 42.6 Å². The third kappa shape index (κ3) is 2.09. The Morgan fingerprint density at radius 2 is 1.90 bits per heavy atom. The molecule has 0 saturated heterocycles. The van der Waals surface area contributed by atoms with Crippen molar-refractivity contribution in [1.82, 2.24) is 9.97 Å². The number of para-hydroxylation sites is 1. The van der Waals surface area contributed by atoms with Crippen LogP contribution in [0.4, 0.5) is 18.9 Å². The lowest BCUT2D eigenvalue weighted by molar-refractivity contribution is -0.136. The maximum Gasteiger partial charge on any atom is 0.418 e. The van der Waals surface area contributed by atoms with Crippen molar-refractivity contribution >= 4 is 16.6 Å². The summed E-state index contributed by atoms with van der Waals surface area (Å²) < 4.78 is 38.8. The maximum absolute atomic E-state index is 12.9. The van der Waals surface area contributed by atoms with E-state index in [9.17, 15) is 13.2 Å². The van der Waals surface area contributed by atoms with Crippen LogP contribution in [0, 0.1) is 0 Å². The van der Waals surface area contributed by atoms with Gasteiger partial charge in [-0.25, -0.2) is 0 Å². The molecule has 3 N–H and O–H groups in total. The topological polar surface area (TPSA) is 54.7 Å². The van der Waals surface area contributed by atoms with E-state index in [2.05, 4.69) is 9.97 Å². The first-order chi connectivity index (χ1) is 9.45. The van der Waals surface area contributed by atoms with E-state index in [1.807, 2.05) is 0 Å². The highest BCUT2D eigenvalue weighted by Crippen LogP contribution is 2.35. The van der Waals surface area contributed by atoms with Crippen molar-refractivity contribution in [1.29, 1.82) is 0 Å². The van der Waals surface area contributed by atoms with Crippen molar-refractivity contribution in [2.75, 3.05) is 5.73 Å². The number of nitrogens with zero attached hydrogens (tertiary/aromatic N) is 1. The average Bonchev–Trinajstić information content (AvgIpc) is 2.81. The SMILES string of the molecule is Nc1ccnc(-c2cc3cccc(C(F)(F)F)c3[nH]2)c1. The van der Waals surface area contributed by atoms with Gasteiger partial charge in [0.1, 0.15) is 0 Å². The second kappa shape index (κ2) is 4.26. The minimum atomic E-state index is -4.40. The molecule has 0 aliphatic rings. The monoisotopic (exact) mass is 277 g/mol. The Kier molecular flexibility index (Phi) is 2.67. The Hall–Kier alpha value is -2.50. The van der Waals surface area contributed by atoms with Crippen LogP contribution in [0.2, 0.25) is 0 Å². The Morgan fingerprint density at radius 1 is 1.10 bits per heavy atom. The summed E-state index contributed by atoms with van der Waals surface area (Å²) in [5.41, 5.74) is 6.54. The normalized spacial score (nSPS) is 11.9. The molecule has 0 aliphatic carbocycles. The molecule has 0 bridgehead atoms. The molecule has 0 fully saturated rings. The number of nitrogens with two attached hydrogens (primary N) is 1. The van der Waals surface area contributed by atoms with Crippen LogP contribution in [0.5, 0.6) is 0 Å². The third-order valence-electron chi connectivity index (χ3n) is 3.02. The second-order valence-electron chi connectivity index (χ2n) is 4.42. The third-order valence-corrected chi connectivity index (χ3v) is 3.02. The summed E-state index contributed by atoms with van der Waals surface area (Å²) in [5.74, 6) is 0. The molecular weight excluding hydrogens is 267 g/mol. The lowest BCUT2D eigenvalue weighted by atomic mass is 10.1. The van der Waals surface area contributed by atoms with Gasteiger partial charge in [-0.1, -0.05) is 12.1 Å². The fraction of sp³-hybridized carbons (Fsp3) is 0.0714. The van der Waals surface area contributed by atoms with Gasteiger partial charge in [-0.3, -0.25) is 4.98 Å². The number of nitrogen functional groups attached to an aromatic ring is 1. The lowest BCUT2D eigenvalue weighted by Gasteiger charge is -2.07. The quantitative estimate of drug-likeness (QED) is 0.710. The van der Waals surface area contributed by atoms with Crippen molar-refractivity contribution in [3.05, 3.63) is 48.2 Å². The largest absolute Gasteiger partial charge is 0.418 e. The summed E-state index contributed by atoms with van der Waals surface area (Å²) in [6.45, 7) is 0. The number of pyridine rings is 1. The molecule has 2 heterocycles. The predicted molar refractivity (Wildman–Crippen MR) is 70.9 cm³/mol. The molecule has 0 spiro atoms. The molecule has 0 unspecified atom stereocenters. The first kappa shape index (κ1) is 12.5. The van der Waals surface area contributed by atoms with E-state index in [4.69, 9.17) is 5.73 Å². The number of hydrogen-bond donors (Lipinski definition) is 2. The lowest BCUT2D eigenvalue weighted by Crippen LogP contribution is -2.05. The number of benzene rings is 1. The van der Waals surface area contributed by atoms with Crippen LogP contribution in [0.25, 0.3) is 22.3 Å². The van der Waals surface area contributed by atoms with E-state index >= 15 is 0 Å². The summed E-state index contributed by atoms with van der Waals surface area (Å²) >= 11 is 0. The number of aromatic nitrogens is 2. The summed E-state index contributed by atoms with van der Waals surface area (Å²) in [5, 5.41) is 0.485. The fourth-order valence-electron chi connectivity index (χ4n) is 2.12. The van der Waals surface area contributed by atoms with Gasteiger partial charge in [-0.15, -0.1) is 0 Å². The average molecular weight is 277 g/mol. The number of H-pyrrole nitrogens is 1. The van der Waals surface area contributed by atoms with Crippen LogP contribution >= 0.6 is 0 Å². The van der Waals surface area contributed by atoms with Crippen molar-refractivity contribution in [2.45, 2.75) is 6.18 Å². The molecule has 0 saturated carbocycles. The van der Waals surface area contributed by atoms with Crippen molar-refractivity contribution < 1.29 is 13.2 Å². The maximum atomic E-state index is 12.9. The summed E-state index contributed by atoms with van der Waals surface area (Å²) in [6, 6.07) is 8.92. The highest BCUT2D eigenvalue weighted by atomic mass is 19.4. The second-order valence-corrected chi connectivity index (χ2v) is 4.42. The summed E-state index contributed by atoms with van der Waals surface area (Å²) in [7, 11) is 0. The van der Waals surface area contributed by atoms with Gasteiger partial charge in [-0.05, 0) is 24.3 Å². The van der Waals surface area contributed by atoms with E-state index in [1.54, 1.807) is 24.3 Å². The molecule has 1 aromatic carbocycles. The first-order valence-electron chi connectivity index (χ1n) is 5.86. The zero-order valence-corrected chi connectivity index (χ0v) is 10.2. The first-order valence-corrected chi connectivity index (χ1v) is 5.86. The molecule has 3 nitrogen and oxygen atoms in total. The van der Waals surface area contributed by atoms with Crippen LogP contribution in [-0.4, -0.2) is 9.97 Å². The van der Waals surface area contributed by atoms with Gasteiger partial charge in [0.2, 0.25) is 0 Å². The number of nitrogens with one attached hydrogen (secondary N) is 1. The molecule has 0 radical (unpaired) electrons. The fourth-order valence-corrected chi connectivity index (χ4v) is 2.12. The molecule has 2 aromatic heterocycles. The Balaban J connectivity index is 2.21. The van der Waals surface area contributed by atoms with Crippen molar-refractivity contribution in [3.8, 4) is 11.4 Å². The Labute approximate surface area is 112 Å². The predicted octanol–water partition coefficient (Wildman–Crippen LogP) is 3.83. The smallest absolute Gasteiger partial charge is 0.399 e. The van der Waals surface area contributed by atoms with E-state index in [1.165, 1.54) is 12.3 Å². The Morgan fingerprint density at radius 3 is 2.60 bits per heavy atom. The standard InChI is InChI=1S/C14H10F3N3/c15-14(16,17)10-3-1-2-8-6-12(20-13(8)10)11-7-9(18)4-5-19-11/h1-7,20H,(H2,18,19). The number of aromatic amines is 1. The minimum Gasteiger partial charge on any atom is -0.399 e. The zero-order valence-electron chi connectivity index (χ0n) is 10.2. The number of fused-ring (bicyclic) bond motifs is 1. The number of hydrogen-bond acceptors (Lipinski definition) is 2. The van der Waals surface area contributed by atoms with Crippen LogP contribution < -0.4 is 5.73 Å². The van der Waals surface area contributed by atoms with Gasteiger partial charge >= 0.3 is 6.18 Å². The van der Waals surface area contributed by atoms with Crippen molar-refractivity contribution in [2.24, 2.45) is 0 Å². The highest BCUT2D eigenvalue weighted by Gasteiger charge is 2.33. The van der Waals surface area contributed by atoms with Crippen LogP contribution in [0.1, 0.15) is 5.56 Å². The molecule has 0 atom stereocenters. The molecule has 102 valence electrons. The van der Waals surface area contributed by atoms with E-state index in [-0.39, 0.29) is 5.52 Å². The van der Waals surface area contributed by atoms with Gasteiger partial charge in [0.15, 0.2) is 0 Å². The van der Waals surface area contributed by atoms with E-state index < -0.39 is 11.7 Å². The Bertz CT molecular complexity index is 775. The molecule has 6 heteroatoms.